The lowest BCUT2D eigenvalue weighted by atomic mass is 9.69. The summed E-state index contributed by atoms with van der Waals surface area (Å²) in [6, 6.07) is 0. The van der Waals surface area contributed by atoms with Crippen molar-refractivity contribution in [2.24, 2.45) is 5.41 Å². The molecule has 1 fully saturated rings. The van der Waals surface area contributed by atoms with Gasteiger partial charge in [-0.2, -0.15) is 0 Å². The molecule has 2 nitrogen and oxygen atoms in total. The summed E-state index contributed by atoms with van der Waals surface area (Å²) >= 11 is 0. The van der Waals surface area contributed by atoms with Crippen LogP contribution in [-0.4, -0.2) is 16.8 Å². The van der Waals surface area contributed by atoms with Crippen LogP contribution in [0.2, 0.25) is 0 Å². The molecule has 0 radical (unpaired) electrons. The summed E-state index contributed by atoms with van der Waals surface area (Å²) in [6.07, 6.45) is 2.39. The van der Waals surface area contributed by atoms with Crippen molar-refractivity contribution in [3.8, 4) is 0 Å². The number of hydrogen-bond acceptors (Lipinski definition) is 1. The van der Waals surface area contributed by atoms with E-state index in [-0.39, 0.29) is 19.6 Å². The van der Waals surface area contributed by atoms with Crippen molar-refractivity contribution in [3.05, 3.63) is 0 Å². The van der Waals surface area contributed by atoms with Gasteiger partial charge in [0.2, 0.25) is 8.61 Å². The fraction of sp³-hybridized carbons (Fsp3) is 1.00. The van der Waals surface area contributed by atoms with Gasteiger partial charge in [-0.05, 0) is 32.1 Å². The fourth-order valence-electron chi connectivity index (χ4n) is 1.75. The number of rotatable bonds is 1. The molecule has 0 aromatic carbocycles. The van der Waals surface area contributed by atoms with Crippen molar-refractivity contribution < 1.29 is 4.57 Å². The van der Waals surface area contributed by atoms with Crippen molar-refractivity contribution in [1.29, 1.82) is 0 Å². The topological polar surface area (TPSA) is 20.3 Å². The van der Waals surface area contributed by atoms with Gasteiger partial charge in [0.05, 0.1) is 0 Å². The van der Waals surface area contributed by atoms with Gasteiger partial charge in [0.25, 0.3) is 0 Å². The van der Waals surface area contributed by atoms with Gasteiger partial charge in [-0.15, -0.1) is 0 Å². The first kappa shape index (κ1) is 10.1. The highest BCUT2D eigenvalue weighted by Crippen LogP contribution is 2.45. The Balaban J connectivity index is 2.89. The van der Waals surface area contributed by atoms with Crippen LogP contribution in [-0.2, 0) is 4.57 Å². The van der Waals surface area contributed by atoms with E-state index in [1.54, 1.807) is 0 Å². The Bertz CT molecular complexity index is 189. The molecule has 0 aliphatic carbocycles. The Morgan fingerprint density at radius 2 is 1.83 bits per heavy atom. The SMILES string of the molecule is CC1(C)CCCN(P=O)C1(C)C. The molecule has 0 spiro atoms. The van der Waals surface area contributed by atoms with E-state index in [9.17, 15) is 4.57 Å². The summed E-state index contributed by atoms with van der Waals surface area (Å²) in [5.41, 5.74) is 0.317. The molecule has 1 rings (SSSR count). The highest BCUT2D eigenvalue weighted by atomic mass is 31.1. The zero-order chi connectivity index (χ0) is 9.41. The van der Waals surface area contributed by atoms with Crippen LogP contribution in [0.15, 0.2) is 0 Å². The second-order valence-electron chi connectivity index (χ2n) is 4.75. The van der Waals surface area contributed by atoms with Crippen LogP contribution in [0, 0.1) is 5.41 Å². The van der Waals surface area contributed by atoms with E-state index in [1.165, 1.54) is 6.42 Å². The predicted molar refractivity (Wildman–Crippen MR) is 51.4 cm³/mol. The summed E-state index contributed by atoms with van der Waals surface area (Å²) < 4.78 is 12.9. The zero-order valence-electron chi connectivity index (χ0n) is 8.42. The number of hydrogen-bond donors (Lipinski definition) is 0. The molecule has 1 saturated heterocycles. The van der Waals surface area contributed by atoms with E-state index >= 15 is 0 Å². The molecule has 3 heteroatoms. The highest BCUT2D eigenvalue weighted by Gasteiger charge is 2.44. The van der Waals surface area contributed by atoms with Gasteiger partial charge in [-0.3, -0.25) is 4.57 Å². The summed E-state index contributed by atoms with van der Waals surface area (Å²) in [5, 5.41) is 0. The Hall–Kier alpha value is 0.0600. The molecule has 1 aliphatic heterocycles. The van der Waals surface area contributed by atoms with Gasteiger partial charge in [0.1, 0.15) is 0 Å². The van der Waals surface area contributed by atoms with Crippen molar-refractivity contribution in [2.75, 3.05) is 6.54 Å². The normalized spacial score (nSPS) is 29.0. The Labute approximate surface area is 76.6 Å². The molecule has 0 saturated carbocycles. The van der Waals surface area contributed by atoms with Crippen LogP contribution < -0.4 is 0 Å². The molecule has 0 aromatic heterocycles. The average molecular weight is 187 g/mol. The van der Waals surface area contributed by atoms with Gasteiger partial charge in [0.15, 0.2) is 0 Å². The second-order valence-corrected chi connectivity index (χ2v) is 5.40. The van der Waals surface area contributed by atoms with Crippen LogP contribution in [0.1, 0.15) is 40.5 Å². The summed E-state index contributed by atoms with van der Waals surface area (Å²) in [7, 11) is 0.173. The van der Waals surface area contributed by atoms with Crippen molar-refractivity contribution in [1.82, 2.24) is 4.67 Å². The van der Waals surface area contributed by atoms with Gasteiger partial charge in [-0.25, -0.2) is 4.67 Å². The fourth-order valence-corrected chi connectivity index (χ4v) is 2.45. The van der Waals surface area contributed by atoms with Crippen molar-refractivity contribution in [3.63, 3.8) is 0 Å². The van der Waals surface area contributed by atoms with E-state index in [1.807, 2.05) is 4.67 Å². The first-order valence-electron chi connectivity index (χ1n) is 4.53. The maximum Gasteiger partial charge on any atom is 0.249 e. The first-order chi connectivity index (χ1) is 5.42. The summed E-state index contributed by atoms with van der Waals surface area (Å²) in [4.78, 5) is 0. The second kappa shape index (κ2) is 3.08. The number of nitrogens with zero attached hydrogens (tertiary/aromatic N) is 1. The summed E-state index contributed by atoms with van der Waals surface area (Å²) in [6.45, 7) is 9.82. The van der Waals surface area contributed by atoms with Crippen LogP contribution in [0.4, 0.5) is 0 Å². The molecular weight excluding hydrogens is 169 g/mol. The van der Waals surface area contributed by atoms with E-state index in [4.69, 9.17) is 0 Å². The third kappa shape index (κ3) is 1.43. The minimum absolute atomic E-state index is 0.0502. The lowest BCUT2D eigenvalue weighted by Gasteiger charge is -2.50. The molecule has 70 valence electrons. The zero-order valence-corrected chi connectivity index (χ0v) is 9.32. The van der Waals surface area contributed by atoms with Gasteiger partial charge >= 0.3 is 0 Å². The quantitative estimate of drug-likeness (QED) is 0.588. The third-order valence-corrected chi connectivity index (χ3v) is 4.47. The molecule has 0 bridgehead atoms. The van der Waals surface area contributed by atoms with E-state index in [0.717, 1.165) is 13.0 Å². The maximum atomic E-state index is 10.9. The smallest absolute Gasteiger partial charge is 0.249 e. The lowest BCUT2D eigenvalue weighted by Crippen LogP contribution is -2.53. The van der Waals surface area contributed by atoms with Gasteiger partial charge in [-0.1, -0.05) is 13.8 Å². The van der Waals surface area contributed by atoms with E-state index < -0.39 is 0 Å². The Morgan fingerprint density at radius 3 is 2.25 bits per heavy atom. The van der Waals surface area contributed by atoms with Gasteiger partial charge < -0.3 is 0 Å². The molecular formula is C9H18NOP. The van der Waals surface area contributed by atoms with Crippen LogP contribution in [0.3, 0.4) is 0 Å². The molecule has 0 amide bonds. The van der Waals surface area contributed by atoms with Crippen LogP contribution >= 0.6 is 8.61 Å². The minimum atomic E-state index is 0.0502. The van der Waals surface area contributed by atoms with Crippen LogP contribution in [0.5, 0.6) is 0 Å². The minimum Gasteiger partial charge on any atom is -0.256 e. The standard InChI is InChI=1S/C9H18NOP/c1-8(2)6-5-7-10(12-11)9(8,3)4/h5-7H2,1-4H3. The Morgan fingerprint density at radius 1 is 1.25 bits per heavy atom. The monoisotopic (exact) mass is 187 g/mol. The molecule has 1 aliphatic rings. The van der Waals surface area contributed by atoms with E-state index in [2.05, 4.69) is 27.7 Å². The first-order valence-corrected chi connectivity index (χ1v) is 5.29. The average Bonchev–Trinajstić information content (AvgIpc) is 1.95. The van der Waals surface area contributed by atoms with Crippen LogP contribution in [0.25, 0.3) is 0 Å². The molecule has 0 unspecified atom stereocenters. The largest absolute Gasteiger partial charge is 0.256 e. The van der Waals surface area contributed by atoms with E-state index in [0.29, 0.717) is 0 Å². The molecule has 0 aromatic rings. The maximum absolute atomic E-state index is 10.9. The summed E-state index contributed by atoms with van der Waals surface area (Å²) in [5.74, 6) is 0. The molecule has 0 N–H and O–H groups in total. The molecule has 0 atom stereocenters. The predicted octanol–water partition coefficient (Wildman–Crippen LogP) is 3.09. The van der Waals surface area contributed by atoms with Crippen molar-refractivity contribution in [2.45, 2.75) is 46.1 Å². The lowest BCUT2D eigenvalue weighted by molar-refractivity contribution is 0.0315. The Kier molecular flexibility index (Phi) is 2.60. The number of piperidine rings is 1. The molecule has 12 heavy (non-hydrogen) atoms. The third-order valence-electron chi connectivity index (χ3n) is 3.57. The highest BCUT2D eigenvalue weighted by molar-refractivity contribution is 7.20. The van der Waals surface area contributed by atoms with Gasteiger partial charge in [0, 0.05) is 12.1 Å². The van der Waals surface area contributed by atoms with Crippen molar-refractivity contribution >= 4 is 8.61 Å². The molecule has 1 heterocycles.